The van der Waals surface area contributed by atoms with Gasteiger partial charge in [-0.1, -0.05) is 13.8 Å². The average molecular weight is 265 g/mol. The average Bonchev–Trinajstić information content (AvgIpc) is 2.38. The number of rotatable bonds is 7. The van der Waals surface area contributed by atoms with E-state index < -0.39 is 0 Å². The predicted octanol–water partition coefficient (Wildman–Crippen LogP) is 1.58. The maximum atomic E-state index is 11.2. The second kappa shape index (κ2) is 7.56. The van der Waals surface area contributed by atoms with Gasteiger partial charge in [0.15, 0.2) is 0 Å². The predicted molar refractivity (Wildman–Crippen MR) is 77.5 cm³/mol. The lowest BCUT2D eigenvalue weighted by Gasteiger charge is -2.12. The van der Waals surface area contributed by atoms with Crippen LogP contribution in [0.25, 0.3) is 0 Å². The summed E-state index contributed by atoms with van der Waals surface area (Å²) in [6.45, 7) is 7.50. The highest BCUT2D eigenvalue weighted by atomic mass is 16.1. The van der Waals surface area contributed by atoms with Crippen LogP contribution in [0.1, 0.15) is 38.9 Å². The van der Waals surface area contributed by atoms with Gasteiger partial charge in [-0.05, 0) is 6.92 Å². The van der Waals surface area contributed by atoms with Crippen molar-refractivity contribution in [1.29, 1.82) is 0 Å². The molecular formula is C13H23N5O. The summed E-state index contributed by atoms with van der Waals surface area (Å²) >= 11 is 0. The van der Waals surface area contributed by atoms with Crippen LogP contribution < -0.4 is 16.0 Å². The quantitative estimate of drug-likeness (QED) is 0.697. The van der Waals surface area contributed by atoms with Gasteiger partial charge in [-0.15, -0.1) is 0 Å². The summed E-state index contributed by atoms with van der Waals surface area (Å²) < 4.78 is 0. The molecule has 1 amide bonds. The fraction of sp³-hybridized carbons (Fsp3) is 0.615. The van der Waals surface area contributed by atoms with Gasteiger partial charge in [0.05, 0.1) is 0 Å². The van der Waals surface area contributed by atoms with Crippen LogP contribution in [0, 0.1) is 0 Å². The molecule has 0 aliphatic carbocycles. The zero-order valence-corrected chi connectivity index (χ0v) is 12.1. The number of hydrogen-bond acceptors (Lipinski definition) is 5. The minimum atomic E-state index is 0.0116. The van der Waals surface area contributed by atoms with Crippen molar-refractivity contribution in [2.45, 2.75) is 33.1 Å². The largest absolute Gasteiger partial charge is 0.370 e. The van der Waals surface area contributed by atoms with Gasteiger partial charge in [-0.3, -0.25) is 4.79 Å². The third kappa shape index (κ3) is 5.11. The fourth-order valence-electron chi connectivity index (χ4n) is 1.52. The van der Waals surface area contributed by atoms with E-state index in [1.165, 1.54) is 0 Å². The number of hydrogen-bond donors (Lipinski definition) is 3. The molecule has 1 heterocycles. The lowest BCUT2D eigenvalue weighted by molar-refractivity contribution is -0.120. The smallest absolute Gasteiger partial charge is 0.221 e. The lowest BCUT2D eigenvalue weighted by Crippen LogP contribution is -2.21. The van der Waals surface area contributed by atoms with Crippen molar-refractivity contribution in [1.82, 2.24) is 15.3 Å². The fourth-order valence-corrected chi connectivity index (χ4v) is 1.52. The molecule has 0 radical (unpaired) electrons. The Kier molecular flexibility index (Phi) is 6.05. The summed E-state index contributed by atoms with van der Waals surface area (Å²) in [4.78, 5) is 20.0. The summed E-state index contributed by atoms with van der Waals surface area (Å²) in [5.41, 5.74) is 0. The van der Waals surface area contributed by atoms with Crippen molar-refractivity contribution in [2.75, 3.05) is 30.8 Å². The van der Waals surface area contributed by atoms with Crippen LogP contribution >= 0.6 is 0 Å². The molecule has 0 fully saturated rings. The van der Waals surface area contributed by atoms with Crippen LogP contribution in [0.5, 0.6) is 0 Å². The molecule has 3 N–H and O–H groups in total. The van der Waals surface area contributed by atoms with E-state index in [-0.39, 0.29) is 11.8 Å². The van der Waals surface area contributed by atoms with E-state index in [9.17, 15) is 4.79 Å². The molecule has 0 saturated heterocycles. The first-order valence-electron chi connectivity index (χ1n) is 6.64. The molecular weight excluding hydrogens is 242 g/mol. The van der Waals surface area contributed by atoms with E-state index >= 15 is 0 Å². The Morgan fingerprint density at radius 3 is 2.42 bits per heavy atom. The molecule has 1 rings (SSSR count). The van der Waals surface area contributed by atoms with E-state index in [2.05, 4.69) is 39.8 Å². The van der Waals surface area contributed by atoms with Gasteiger partial charge in [0.25, 0.3) is 0 Å². The SMILES string of the molecule is CCNc1cc(NCCC(=O)NC)nc(C(C)C)n1. The van der Waals surface area contributed by atoms with Gasteiger partial charge in [-0.25, -0.2) is 9.97 Å². The Morgan fingerprint density at radius 2 is 1.89 bits per heavy atom. The number of nitrogens with one attached hydrogen (secondary N) is 3. The van der Waals surface area contributed by atoms with Gasteiger partial charge in [-0.2, -0.15) is 0 Å². The molecule has 19 heavy (non-hydrogen) atoms. The number of nitrogens with zero attached hydrogens (tertiary/aromatic N) is 2. The standard InChI is InChI=1S/C13H23N5O/c1-5-15-10-8-11(16-7-6-12(19)14-4)18-13(17-10)9(2)3/h8-9H,5-7H2,1-4H3,(H,14,19)(H2,15,16,17,18). The van der Waals surface area contributed by atoms with Gasteiger partial charge in [0, 0.05) is 38.5 Å². The van der Waals surface area contributed by atoms with Crippen LogP contribution in [-0.2, 0) is 4.79 Å². The Hall–Kier alpha value is -1.85. The third-order valence-electron chi connectivity index (χ3n) is 2.55. The summed E-state index contributed by atoms with van der Waals surface area (Å²) in [7, 11) is 1.63. The number of anilines is 2. The zero-order valence-electron chi connectivity index (χ0n) is 12.1. The van der Waals surface area contributed by atoms with Crippen molar-refractivity contribution in [3.05, 3.63) is 11.9 Å². The number of amides is 1. The molecule has 6 nitrogen and oxygen atoms in total. The highest BCUT2D eigenvalue weighted by Gasteiger charge is 2.08. The first-order valence-corrected chi connectivity index (χ1v) is 6.64. The molecule has 0 saturated carbocycles. The molecule has 0 bridgehead atoms. The second-order valence-corrected chi connectivity index (χ2v) is 4.53. The molecule has 106 valence electrons. The summed E-state index contributed by atoms with van der Waals surface area (Å²) in [5, 5.41) is 8.92. The molecule has 0 aromatic carbocycles. The summed E-state index contributed by atoms with van der Waals surface area (Å²) in [6.07, 6.45) is 0.425. The normalized spacial score (nSPS) is 10.4. The maximum absolute atomic E-state index is 11.2. The monoisotopic (exact) mass is 265 g/mol. The first-order chi connectivity index (χ1) is 9.06. The molecule has 0 aliphatic rings. The maximum Gasteiger partial charge on any atom is 0.221 e. The highest BCUT2D eigenvalue weighted by molar-refractivity contribution is 5.76. The molecule has 0 aliphatic heterocycles. The number of carbonyl (C=O) groups is 1. The highest BCUT2D eigenvalue weighted by Crippen LogP contribution is 2.16. The molecule has 1 aromatic heterocycles. The van der Waals surface area contributed by atoms with Crippen molar-refractivity contribution in [3.8, 4) is 0 Å². The Bertz CT molecular complexity index is 419. The third-order valence-corrected chi connectivity index (χ3v) is 2.55. The molecule has 0 unspecified atom stereocenters. The molecule has 0 spiro atoms. The minimum absolute atomic E-state index is 0.0116. The van der Waals surface area contributed by atoms with Crippen LogP contribution in [0.4, 0.5) is 11.6 Å². The van der Waals surface area contributed by atoms with Gasteiger partial charge in [0.2, 0.25) is 5.91 Å². The Labute approximate surface area is 114 Å². The number of aromatic nitrogens is 2. The Balaban J connectivity index is 2.72. The first kappa shape index (κ1) is 15.2. The van der Waals surface area contributed by atoms with Crippen LogP contribution in [0.3, 0.4) is 0 Å². The van der Waals surface area contributed by atoms with Crippen molar-refractivity contribution in [2.24, 2.45) is 0 Å². The van der Waals surface area contributed by atoms with E-state index in [0.29, 0.717) is 13.0 Å². The van der Waals surface area contributed by atoms with E-state index in [1.54, 1.807) is 7.05 Å². The van der Waals surface area contributed by atoms with Crippen LogP contribution in [0.15, 0.2) is 6.07 Å². The van der Waals surface area contributed by atoms with E-state index in [4.69, 9.17) is 0 Å². The second-order valence-electron chi connectivity index (χ2n) is 4.53. The van der Waals surface area contributed by atoms with Gasteiger partial charge < -0.3 is 16.0 Å². The van der Waals surface area contributed by atoms with Gasteiger partial charge in [0.1, 0.15) is 17.5 Å². The summed E-state index contributed by atoms with van der Waals surface area (Å²) in [5.74, 6) is 2.62. The van der Waals surface area contributed by atoms with Crippen LogP contribution in [-0.4, -0.2) is 36.0 Å². The minimum Gasteiger partial charge on any atom is -0.370 e. The van der Waals surface area contributed by atoms with E-state index in [0.717, 1.165) is 24.0 Å². The van der Waals surface area contributed by atoms with E-state index in [1.807, 2.05) is 13.0 Å². The van der Waals surface area contributed by atoms with Crippen molar-refractivity contribution < 1.29 is 4.79 Å². The topological polar surface area (TPSA) is 78.9 Å². The van der Waals surface area contributed by atoms with Crippen molar-refractivity contribution >= 4 is 17.5 Å². The van der Waals surface area contributed by atoms with Crippen molar-refractivity contribution in [3.63, 3.8) is 0 Å². The number of carbonyl (C=O) groups excluding carboxylic acids is 1. The van der Waals surface area contributed by atoms with Gasteiger partial charge >= 0.3 is 0 Å². The summed E-state index contributed by atoms with van der Waals surface area (Å²) in [6, 6.07) is 1.86. The molecule has 0 atom stereocenters. The zero-order chi connectivity index (χ0) is 14.3. The molecule has 1 aromatic rings. The van der Waals surface area contributed by atoms with Crippen LogP contribution in [0.2, 0.25) is 0 Å². The molecule has 6 heteroatoms. The Morgan fingerprint density at radius 1 is 1.26 bits per heavy atom. The lowest BCUT2D eigenvalue weighted by atomic mass is 10.2.